The molecule has 0 fully saturated rings. The molecule has 10 nitrogen and oxygen atoms in total. The zero-order valence-corrected chi connectivity index (χ0v) is 16.0. The first-order valence-electron chi connectivity index (χ1n) is 7.31. The maximum absolute atomic E-state index is 11.8. The third-order valence-electron chi connectivity index (χ3n) is 2.86. The van der Waals surface area contributed by atoms with E-state index in [0.29, 0.717) is 27.9 Å². The van der Waals surface area contributed by atoms with Crippen LogP contribution in [0.2, 0.25) is 0 Å². The number of ether oxygens (including phenoxy) is 1. The fourth-order valence-electron chi connectivity index (χ4n) is 1.73. The normalized spacial score (nSPS) is 11.6. The maximum Gasteiger partial charge on any atom is 0.267 e. The molecule has 0 radical (unpaired) electrons. The van der Waals surface area contributed by atoms with Crippen LogP contribution in [0.4, 0.5) is 0 Å². The summed E-state index contributed by atoms with van der Waals surface area (Å²) in [5, 5.41) is 1.15. The highest BCUT2D eigenvalue weighted by Gasteiger charge is 2.17. The van der Waals surface area contributed by atoms with E-state index in [4.69, 9.17) is 16.3 Å². The smallest absolute Gasteiger partial charge is 0.267 e. The number of sulfonamides is 1. The second-order valence-electron chi connectivity index (χ2n) is 4.67. The number of carbonyl (C=O) groups is 1. The molecule has 0 atom stereocenters. The Morgan fingerprint density at radius 3 is 2.73 bits per heavy atom. The molecular weight excluding hydrogens is 380 g/mol. The number of fused-ring (bicyclic) bond motifs is 1. The lowest BCUT2D eigenvalue weighted by Crippen LogP contribution is -2.29. The molecule has 0 bridgehead atoms. The average molecular weight is 403 g/mol. The van der Waals surface area contributed by atoms with Crippen molar-refractivity contribution >= 4 is 37.9 Å². The minimum atomic E-state index is -3.58. The Labute approximate surface area is 155 Å². The summed E-state index contributed by atoms with van der Waals surface area (Å²) in [6.07, 6.45) is 2.05. The number of benzene rings is 1. The lowest BCUT2D eigenvalue weighted by atomic mass is 10.3. The summed E-state index contributed by atoms with van der Waals surface area (Å²) in [5.41, 5.74) is 11.1. The maximum atomic E-state index is 11.8. The number of hydrogen-bond acceptors (Lipinski definition) is 10. The second-order valence-corrected chi connectivity index (χ2v) is 7.76. The molecule has 2 aromatic rings. The van der Waals surface area contributed by atoms with Crippen molar-refractivity contribution in [3.8, 4) is 5.75 Å². The predicted molar refractivity (Wildman–Crippen MR) is 101 cm³/mol. The van der Waals surface area contributed by atoms with E-state index in [2.05, 4.69) is 15.4 Å². The molecule has 0 aliphatic rings. The van der Waals surface area contributed by atoms with Gasteiger partial charge in [0, 0.05) is 6.20 Å². The van der Waals surface area contributed by atoms with Gasteiger partial charge >= 0.3 is 0 Å². The van der Waals surface area contributed by atoms with Gasteiger partial charge in [-0.2, -0.15) is 0 Å². The van der Waals surface area contributed by atoms with Gasteiger partial charge in [-0.15, -0.1) is 11.3 Å². The van der Waals surface area contributed by atoms with Gasteiger partial charge < -0.3 is 26.0 Å². The summed E-state index contributed by atoms with van der Waals surface area (Å²) in [7, 11) is -0.748. The van der Waals surface area contributed by atoms with Crippen LogP contribution in [0.5, 0.6) is 5.75 Å². The molecule has 0 saturated carbocycles. The van der Waals surface area contributed by atoms with Crippen LogP contribution in [0.3, 0.4) is 0 Å². The van der Waals surface area contributed by atoms with Gasteiger partial charge in [-0.05, 0) is 32.3 Å². The summed E-state index contributed by atoms with van der Waals surface area (Å²) >= 11 is 1.04. The van der Waals surface area contributed by atoms with Crippen LogP contribution in [0, 0.1) is 0 Å². The van der Waals surface area contributed by atoms with Crippen LogP contribution in [-0.2, 0) is 14.8 Å². The van der Waals surface area contributed by atoms with E-state index in [-0.39, 0.29) is 17.5 Å². The molecule has 7 N–H and O–H groups in total. The van der Waals surface area contributed by atoms with Crippen LogP contribution in [0.1, 0.15) is 0 Å². The first-order chi connectivity index (χ1) is 12.4. The quantitative estimate of drug-likeness (QED) is 0.254. The molecule has 1 aromatic carbocycles. The van der Waals surface area contributed by atoms with Gasteiger partial charge in [0.2, 0.25) is 4.34 Å². The molecule has 12 heteroatoms. The molecule has 0 saturated heterocycles. The summed E-state index contributed by atoms with van der Waals surface area (Å²) in [4.78, 5) is 14.4. The number of thiazole rings is 1. The number of aromatic nitrogens is 1. The highest BCUT2D eigenvalue weighted by molar-refractivity contribution is 7.91. The number of hydrogen-bond donors (Lipinski definition) is 4. The predicted octanol–water partition coefficient (Wildman–Crippen LogP) is -0.667. The summed E-state index contributed by atoms with van der Waals surface area (Å²) in [6.45, 7) is 0.0920. The molecule has 0 spiro atoms. The number of aldehydes is 1. The molecule has 0 aliphatic carbocycles. The number of rotatable bonds is 8. The van der Waals surface area contributed by atoms with Crippen molar-refractivity contribution in [2.45, 2.75) is 4.34 Å². The number of nitrogens with two attached hydrogens (primary N) is 3. The first-order valence-corrected chi connectivity index (χ1v) is 9.61. The molecule has 1 aromatic heterocycles. The van der Waals surface area contributed by atoms with Crippen molar-refractivity contribution in [3.63, 3.8) is 0 Å². The average Bonchev–Trinajstić information content (AvgIpc) is 3.06. The van der Waals surface area contributed by atoms with E-state index in [1.54, 1.807) is 18.2 Å². The molecule has 26 heavy (non-hydrogen) atoms. The van der Waals surface area contributed by atoms with Crippen LogP contribution in [0.25, 0.3) is 10.2 Å². The summed E-state index contributed by atoms with van der Waals surface area (Å²) < 4.78 is 31.9. The molecule has 2 rings (SSSR count). The minimum absolute atomic E-state index is 0.0100. The van der Waals surface area contributed by atoms with Crippen LogP contribution in [0.15, 0.2) is 34.4 Å². The highest BCUT2D eigenvalue weighted by atomic mass is 32.2. The monoisotopic (exact) mass is 402 g/mol. The van der Waals surface area contributed by atoms with Crippen molar-refractivity contribution in [2.75, 3.05) is 27.2 Å². The van der Waals surface area contributed by atoms with Crippen LogP contribution in [-0.4, -0.2) is 51.9 Å². The summed E-state index contributed by atoms with van der Waals surface area (Å²) in [5.74, 6) is 6.02. The molecule has 0 unspecified atom stereocenters. The zero-order chi connectivity index (χ0) is 19.7. The lowest BCUT2D eigenvalue weighted by molar-refractivity contribution is -0.108. The van der Waals surface area contributed by atoms with Crippen molar-refractivity contribution < 1.29 is 17.9 Å². The van der Waals surface area contributed by atoms with Gasteiger partial charge in [-0.3, -0.25) is 0 Å². The second kappa shape index (κ2) is 10.0. The van der Waals surface area contributed by atoms with Crippen molar-refractivity contribution in [1.29, 1.82) is 0 Å². The highest BCUT2D eigenvalue weighted by Crippen LogP contribution is 2.28. The first kappa shape index (κ1) is 21.8. The van der Waals surface area contributed by atoms with E-state index in [0.717, 1.165) is 16.3 Å². The SMILES string of the molecule is CN.CNS(=O)(=O)c1nc2ccc(OC/C(N)=C/N(N)CC=O)cc2s1. The van der Waals surface area contributed by atoms with Crippen molar-refractivity contribution in [3.05, 3.63) is 30.1 Å². The Morgan fingerprint density at radius 2 is 2.12 bits per heavy atom. The Balaban J connectivity index is 0.00000163. The number of nitrogens with one attached hydrogen (secondary N) is 1. The Bertz CT molecular complexity index is 865. The zero-order valence-electron chi connectivity index (χ0n) is 14.4. The van der Waals surface area contributed by atoms with Crippen LogP contribution >= 0.6 is 11.3 Å². The van der Waals surface area contributed by atoms with E-state index >= 15 is 0 Å². The lowest BCUT2D eigenvalue weighted by Gasteiger charge is -2.12. The third-order valence-corrected chi connectivity index (χ3v) is 5.67. The van der Waals surface area contributed by atoms with E-state index in [1.165, 1.54) is 20.3 Å². The van der Waals surface area contributed by atoms with Crippen molar-refractivity contribution in [2.24, 2.45) is 17.3 Å². The minimum Gasteiger partial charge on any atom is -0.487 e. The standard InChI is InChI=1S/C13H17N5O4S2.CH5N/c1-16-24(20,21)13-17-11-3-2-10(6-12(11)23-13)22-8-9(14)7-18(15)4-5-19;1-2/h2-3,5-7,16H,4,8,14-15H2,1H3;2H2,1H3/b9-7-;. The largest absolute Gasteiger partial charge is 0.487 e. The Morgan fingerprint density at radius 1 is 1.42 bits per heavy atom. The van der Waals surface area contributed by atoms with Gasteiger partial charge in [0.15, 0.2) is 0 Å². The van der Waals surface area contributed by atoms with Gasteiger partial charge in [0.25, 0.3) is 10.0 Å². The van der Waals surface area contributed by atoms with Crippen molar-refractivity contribution in [1.82, 2.24) is 14.7 Å². The molecular formula is C14H22N6O4S2. The van der Waals surface area contributed by atoms with Gasteiger partial charge in [-0.1, -0.05) is 0 Å². The number of carbonyl (C=O) groups excluding carboxylic acids is 1. The van der Waals surface area contributed by atoms with Gasteiger partial charge in [0.1, 0.15) is 18.6 Å². The van der Waals surface area contributed by atoms with Gasteiger partial charge in [-0.25, -0.2) is 24.0 Å². The fourth-order valence-corrected chi connectivity index (χ4v) is 3.81. The topological polar surface area (TPSA) is 167 Å². The summed E-state index contributed by atoms with van der Waals surface area (Å²) in [6, 6.07) is 5.01. The van der Waals surface area contributed by atoms with E-state index < -0.39 is 10.0 Å². The fraction of sp³-hybridized carbons (Fsp3) is 0.286. The molecule has 0 aliphatic heterocycles. The number of nitrogens with zero attached hydrogens (tertiary/aromatic N) is 2. The Kier molecular flexibility index (Phi) is 8.41. The molecule has 0 amide bonds. The number of hydrazine groups is 1. The molecule has 1 heterocycles. The van der Waals surface area contributed by atoms with E-state index in [9.17, 15) is 13.2 Å². The third kappa shape index (κ3) is 5.93. The van der Waals surface area contributed by atoms with E-state index in [1.807, 2.05) is 0 Å². The van der Waals surface area contributed by atoms with Crippen LogP contribution < -0.4 is 26.8 Å². The van der Waals surface area contributed by atoms with Gasteiger partial charge in [0.05, 0.1) is 22.5 Å². The Hall–Kier alpha value is -2.25. The molecule has 144 valence electrons.